The Hall–Kier alpha value is -2.76. The number of aliphatic imine (C=N–C) groups is 1. The summed E-state index contributed by atoms with van der Waals surface area (Å²) in [6, 6.07) is 7.06. The maximum Gasteiger partial charge on any atom is 0.200 e. The van der Waals surface area contributed by atoms with Crippen molar-refractivity contribution in [1.82, 2.24) is 0 Å². The van der Waals surface area contributed by atoms with Crippen molar-refractivity contribution in [2.24, 2.45) is 10.9 Å². The molecule has 0 heterocycles. The van der Waals surface area contributed by atoms with Crippen LogP contribution in [0, 0.1) is 35.0 Å². The standard InChI is InChI=1S/C22H18F5N/c1-10-11(2)13(4)16(12(10)3)15-8-6-5-7-14(15)9-28-22-20(26)18(24)17(23)19(25)21(22)27/h5-9,12H,1-4H3/b28-9-. The first kappa shape index (κ1) is 20.0. The summed E-state index contributed by atoms with van der Waals surface area (Å²) < 4.78 is 67.8. The third-order valence-electron chi connectivity index (χ3n) is 5.41. The van der Waals surface area contributed by atoms with Gasteiger partial charge in [0.05, 0.1) is 0 Å². The number of allylic oxidation sites excluding steroid dienone is 4. The Kier molecular flexibility index (Phi) is 5.24. The molecular formula is C22H18F5N. The average molecular weight is 391 g/mol. The molecule has 6 heteroatoms. The van der Waals surface area contributed by atoms with Gasteiger partial charge in [0.1, 0.15) is 5.69 Å². The van der Waals surface area contributed by atoms with Crippen LogP contribution in [0.2, 0.25) is 0 Å². The number of hydrogen-bond acceptors (Lipinski definition) is 1. The topological polar surface area (TPSA) is 12.4 Å². The molecule has 0 spiro atoms. The zero-order chi connectivity index (χ0) is 20.7. The van der Waals surface area contributed by atoms with Gasteiger partial charge in [0.15, 0.2) is 23.3 Å². The molecule has 0 N–H and O–H groups in total. The summed E-state index contributed by atoms with van der Waals surface area (Å²) in [5.41, 5.74) is 4.66. The first-order valence-electron chi connectivity index (χ1n) is 8.70. The molecule has 1 aliphatic carbocycles. The molecule has 1 atom stereocenters. The molecule has 3 rings (SSSR count). The van der Waals surface area contributed by atoms with Gasteiger partial charge in [0.2, 0.25) is 5.82 Å². The molecule has 0 radical (unpaired) electrons. The van der Waals surface area contributed by atoms with E-state index in [0.29, 0.717) is 5.56 Å². The van der Waals surface area contributed by atoms with Crippen LogP contribution in [-0.2, 0) is 0 Å². The van der Waals surface area contributed by atoms with E-state index in [1.54, 1.807) is 12.1 Å². The Morgan fingerprint density at radius 2 is 1.32 bits per heavy atom. The first-order chi connectivity index (χ1) is 13.2. The average Bonchev–Trinajstić information content (AvgIpc) is 2.88. The maximum atomic E-state index is 13.9. The highest BCUT2D eigenvalue weighted by molar-refractivity contribution is 5.93. The second-order valence-corrected chi connectivity index (χ2v) is 6.83. The molecular weight excluding hydrogens is 373 g/mol. The Balaban J connectivity index is 2.11. The van der Waals surface area contributed by atoms with Crippen molar-refractivity contribution < 1.29 is 22.0 Å². The van der Waals surface area contributed by atoms with Gasteiger partial charge < -0.3 is 0 Å². The fourth-order valence-electron chi connectivity index (χ4n) is 3.49. The zero-order valence-electron chi connectivity index (χ0n) is 15.8. The van der Waals surface area contributed by atoms with E-state index in [0.717, 1.165) is 22.9 Å². The molecule has 1 unspecified atom stereocenters. The Morgan fingerprint density at radius 3 is 1.86 bits per heavy atom. The van der Waals surface area contributed by atoms with E-state index in [9.17, 15) is 22.0 Å². The van der Waals surface area contributed by atoms with Gasteiger partial charge in [-0.15, -0.1) is 0 Å². The van der Waals surface area contributed by atoms with E-state index < -0.39 is 34.8 Å². The lowest BCUT2D eigenvalue weighted by atomic mass is 9.89. The largest absolute Gasteiger partial charge is 0.250 e. The van der Waals surface area contributed by atoms with Gasteiger partial charge in [0, 0.05) is 17.7 Å². The van der Waals surface area contributed by atoms with Crippen molar-refractivity contribution in [2.45, 2.75) is 27.7 Å². The van der Waals surface area contributed by atoms with Crippen LogP contribution < -0.4 is 0 Å². The second kappa shape index (κ2) is 7.34. The van der Waals surface area contributed by atoms with Crippen LogP contribution >= 0.6 is 0 Å². The van der Waals surface area contributed by atoms with Gasteiger partial charge in [-0.3, -0.25) is 0 Å². The quantitative estimate of drug-likeness (QED) is 0.234. The molecule has 0 aliphatic heterocycles. The molecule has 0 aromatic heterocycles. The van der Waals surface area contributed by atoms with Crippen molar-refractivity contribution in [1.29, 1.82) is 0 Å². The van der Waals surface area contributed by atoms with E-state index in [-0.39, 0.29) is 5.92 Å². The molecule has 0 bridgehead atoms. The predicted molar refractivity (Wildman–Crippen MR) is 100 cm³/mol. The van der Waals surface area contributed by atoms with Gasteiger partial charge in [-0.25, -0.2) is 26.9 Å². The first-order valence-corrected chi connectivity index (χ1v) is 8.70. The Bertz CT molecular complexity index is 1030. The molecule has 28 heavy (non-hydrogen) atoms. The van der Waals surface area contributed by atoms with E-state index in [1.807, 2.05) is 32.9 Å². The molecule has 0 fully saturated rings. The Morgan fingerprint density at radius 1 is 0.786 bits per heavy atom. The molecule has 0 saturated heterocycles. The smallest absolute Gasteiger partial charge is 0.200 e. The summed E-state index contributed by atoms with van der Waals surface area (Å²) in [6.07, 6.45) is 1.13. The van der Waals surface area contributed by atoms with Gasteiger partial charge in [-0.05, 0) is 43.1 Å². The van der Waals surface area contributed by atoms with Crippen molar-refractivity contribution in [3.8, 4) is 0 Å². The van der Waals surface area contributed by atoms with Crippen LogP contribution in [0.15, 0.2) is 46.0 Å². The minimum atomic E-state index is -2.20. The summed E-state index contributed by atoms with van der Waals surface area (Å²) in [6.45, 7) is 8.13. The minimum Gasteiger partial charge on any atom is -0.250 e. The molecule has 2 aromatic rings. The van der Waals surface area contributed by atoms with Crippen LogP contribution in [0.4, 0.5) is 27.6 Å². The molecule has 2 aromatic carbocycles. The lowest BCUT2D eigenvalue weighted by Crippen LogP contribution is -2.02. The van der Waals surface area contributed by atoms with Crippen LogP contribution in [-0.4, -0.2) is 6.21 Å². The predicted octanol–water partition coefficient (Wildman–Crippen LogP) is 6.89. The van der Waals surface area contributed by atoms with Crippen LogP contribution in [0.25, 0.3) is 5.57 Å². The number of rotatable bonds is 3. The third kappa shape index (κ3) is 3.07. The monoisotopic (exact) mass is 391 g/mol. The lowest BCUT2D eigenvalue weighted by molar-refractivity contribution is 0.381. The second-order valence-electron chi connectivity index (χ2n) is 6.83. The number of hydrogen-bond donors (Lipinski definition) is 0. The fraction of sp³-hybridized carbons (Fsp3) is 0.227. The van der Waals surface area contributed by atoms with Gasteiger partial charge >= 0.3 is 0 Å². The maximum absolute atomic E-state index is 13.9. The highest BCUT2D eigenvalue weighted by Crippen LogP contribution is 2.43. The summed E-state index contributed by atoms with van der Waals surface area (Å²) in [5.74, 6) is -10.0. The highest BCUT2D eigenvalue weighted by atomic mass is 19.2. The van der Waals surface area contributed by atoms with Crippen LogP contribution in [0.3, 0.4) is 0 Å². The van der Waals surface area contributed by atoms with E-state index >= 15 is 0 Å². The summed E-state index contributed by atoms with van der Waals surface area (Å²) in [7, 11) is 0. The van der Waals surface area contributed by atoms with Crippen molar-refractivity contribution in [3.63, 3.8) is 0 Å². The zero-order valence-corrected chi connectivity index (χ0v) is 15.8. The van der Waals surface area contributed by atoms with Gasteiger partial charge in [-0.1, -0.05) is 36.8 Å². The number of nitrogens with zero attached hydrogens (tertiary/aromatic N) is 1. The fourth-order valence-corrected chi connectivity index (χ4v) is 3.49. The lowest BCUT2D eigenvalue weighted by Gasteiger charge is -2.15. The Labute approximate surface area is 159 Å². The van der Waals surface area contributed by atoms with Crippen molar-refractivity contribution in [2.75, 3.05) is 0 Å². The van der Waals surface area contributed by atoms with E-state index in [1.165, 1.54) is 11.1 Å². The summed E-state index contributed by atoms with van der Waals surface area (Å²) in [4.78, 5) is 3.60. The molecule has 1 nitrogen and oxygen atoms in total. The molecule has 146 valence electrons. The van der Waals surface area contributed by atoms with Gasteiger partial charge in [0.25, 0.3) is 0 Å². The number of halogens is 5. The summed E-state index contributed by atoms with van der Waals surface area (Å²) in [5, 5.41) is 0. The van der Waals surface area contributed by atoms with Crippen LogP contribution in [0.1, 0.15) is 38.8 Å². The molecule has 0 saturated carbocycles. The van der Waals surface area contributed by atoms with E-state index in [4.69, 9.17) is 0 Å². The SMILES string of the molecule is CC1=C(C)C(C)C(c2ccccc2/C=N\c2c(F)c(F)c(F)c(F)c2F)=C1C. The molecule has 0 amide bonds. The number of benzene rings is 2. The molecule has 1 aliphatic rings. The van der Waals surface area contributed by atoms with Crippen molar-refractivity contribution >= 4 is 17.5 Å². The summed E-state index contributed by atoms with van der Waals surface area (Å²) >= 11 is 0. The normalized spacial score (nSPS) is 17.4. The highest BCUT2D eigenvalue weighted by Gasteiger charge is 2.27. The van der Waals surface area contributed by atoms with Crippen molar-refractivity contribution in [3.05, 3.63) is 81.2 Å². The minimum absolute atomic E-state index is 0.142. The van der Waals surface area contributed by atoms with E-state index in [2.05, 4.69) is 11.9 Å². The van der Waals surface area contributed by atoms with Gasteiger partial charge in [-0.2, -0.15) is 0 Å². The van der Waals surface area contributed by atoms with Crippen LogP contribution in [0.5, 0.6) is 0 Å². The third-order valence-corrected chi connectivity index (χ3v) is 5.41.